The average molecular weight is 288 g/mol. The van der Waals surface area contributed by atoms with Gasteiger partial charge in [0.2, 0.25) is 5.91 Å². The fourth-order valence-corrected chi connectivity index (χ4v) is 3.07. The summed E-state index contributed by atoms with van der Waals surface area (Å²) in [6, 6.07) is 9.28. The molecule has 1 heterocycles. The lowest BCUT2D eigenvalue weighted by molar-refractivity contribution is -0.135. The van der Waals surface area contributed by atoms with Crippen LogP contribution in [0.2, 0.25) is 0 Å². The fourth-order valence-electron chi connectivity index (χ4n) is 3.07. The first-order valence-electron chi connectivity index (χ1n) is 8.22. The van der Waals surface area contributed by atoms with Crippen LogP contribution in [-0.2, 0) is 11.2 Å². The first-order valence-corrected chi connectivity index (χ1v) is 8.22. The number of benzene rings is 1. The van der Waals surface area contributed by atoms with Crippen molar-refractivity contribution in [1.82, 2.24) is 10.2 Å². The molecule has 2 rings (SSSR count). The Bertz CT molecular complexity index is 472. The van der Waals surface area contributed by atoms with Gasteiger partial charge in [-0.15, -0.1) is 0 Å². The Balaban J connectivity index is 1.94. The Morgan fingerprint density at radius 3 is 2.81 bits per heavy atom. The summed E-state index contributed by atoms with van der Waals surface area (Å²) in [5.74, 6) is 0.309. The summed E-state index contributed by atoms with van der Waals surface area (Å²) in [5.41, 5.74) is 2.53. The van der Waals surface area contributed by atoms with Gasteiger partial charge >= 0.3 is 0 Å². The maximum Gasteiger partial charge on any atom is 0.223 e. The van der Waals surface area contributed by atoms with Crippen LogP contribution >= 0.6 is 0 Å². The summed E-state index contributed by atoms with van der Waals surface area (Å²) in [4.78, 5) is 14.7. The van der Waals surface area contributed by atoms with E-state index < -0.39 is 0 Å². The molecule has 0 spiro atoms. The molecule has 1 aliphatic heterocycles. The highest BCUT2D eigenvalue weighted by atomic mass is 16.2. The van der Waals surface area contributed by atoms with E-state index in [4.69, 9.17) is 0 Å². The monoisotopic (exact) mass is 288 g/mol. The molecule has 0 aromatic heterocycles. The Hall–Kier alpha value is -1.35. The van der Waals surface area contributed by atoms with Crippen molar-refractivity contribution in [3.8, 4) is 0 Å². The standard InChI is InChI=1S/C18H28N2O/c1-4-16-13-20(17(5-2)12-19-16)18(21)10-9-15-8-6-7-14(3)11-15/h6-8,11,16-17,19H,4-5,9-10,12-13H2,1-3H3. The van der Waals surface area contributed by atoms with E-state index in [0.29, 0.717) is 24.4 Å². The Morgan fingerprint density at radius 1 is 1.33 bits per heavy atom. The summed E-state index contributed by atoms with van der Waals surface area (Å²) >= 11 is 0. The zero-order valence-corrected chi connectivity index (χ0v) is 13.6. The Kier molecular flexibility index (Phi) is 5.80. The van der Waals surface area contributed by atoms with Crippen molar-refractivity contribution >= 4 is 5.91 Å². The average Bonchev–Trinajstić information content (AvgIpc) is 2.52. The van der Waals surface area contributed by atoms with Gasteiger partial charge in [-0.25, -0.2) is 0 Å². The Morgan fingerprint density at radius 2 is 2.14 bits per heavy atom. The molecule has 2 atom stereocenters. The number of nitrogens with zero attached hydrogens (tertiary/aromatic N) is 1. The van der Waals surface area contributed by atoms with Gasteiger partial charge in [-0.1, -0.05) is 43.7 Å². The molecular formula is C18H28N2O. The molecular weight excluding hydrogens is 260 g/mol. The summed E-state index contributed by atoms with van der Waals surface area (Å²) in [6.07, 6.45) is 3.58. The SMILES string of the molecule is CCC1CN(C(=O)CCc2cccc(C)c2)C(CC)CN1. The van der Waals surface area contributed by atoms with Crippen molar-refractivity contribution < 1.29 is 4.79 Å². The van der Waals surface area contributed by atoms with Gasteiger partial charge in [0.1, 0.15) is 0 Å². The van der Waals surface area contributed by atoms with Crippen molar-refractivity contribution in [2.24, 2.45) is 0 Å². The molecule has 1 fully saturated rings. The molecule has 3 heteroatoms. The van der Waals surface area contributed by atoms with Crippen LogP contribution in [0.25, 0.3) is 0 Å². The maximum atomic E-state index is 12.6. The van der Waals surface area contributed by atoms with E-state index in [1.165, 1.54) is 11.1 Å². The van der Waals surface area contributed by atoms with Gasteiger partial charge in [0.05, 0.1) is 0 Å². The quantitative estimate of drug-likeness (QED) is 0.903. The highest BCUT2D eigenvalue weighted by molar-refractivity contribution is 5.77. The molecule has 0 saturated carbocycles. The van der Waals surface area contributed by atoms with E-state index in [0.717, 1.165) is 32.4 Å². The smallest absolute Gasteiger partial charge is 0.223 e. The predicted molar refractivity (Wildman–Crippen MR) is 87.4 cm³/mol. The van der Waals surface area contributed by atoms with Crippen LogP contribution in [0.15, 0.2) is 24.3 Å². The van der Waals surface area contributed by atoms with Gasteiger partial charge in [-0.05, 0) is 31.7 Å². The van der Waals surface area contributed by atoms with Gasteiger partial charge in [0.25, 0.3) is 0 Å². The first-order chi connectivity index (χ1) is 10.1. The molecule has 1 saturated heterocycles. The lowest BCUT2D eigenvalue weighted by Crippen LogP contribution is -2.57. The predicted octanol–water partition coefficient (Wildman–Crippen LogP) is 2.92. The molecule has 1 amide bonds. The van der Waals surface area contributed by atoms with E-state index >= 15 is 0 Å². The number of nitrogens with one attached hydrogen (secondary N) is 1. The van der Waals surface area contributed by atoms with E-state index in [1.54, 1.807) is 0 Å². The first kappa shape index (κ1) is 16.0. The number of carbonyl (C=O) groups is 1. The Labute approximate surface area is 128 Å². The third kappa shape index (κ3) is 4.31. The van der Waals surface area contributed by atoms with Crippen LogP contribution in [0.1, 0.15) is 44.2 Å². The van der Waals surface area contributed by atoms with Crippen LogP contribution in [-0.4, -0.2) is 36.0 Å². The number of carbonyl (C=O) groups excluding carboxylic acids is 1. The number of aryl methyl sites for hydroxylation is 2. The third-order valence-electron chi connectivity index (χ3n) is 4.49. The normalized spacial score (nSPS) is 22.3. The zero-order valence-electron chi connectivity index (χ0n) is 13.6. The molecule has 0 bridgehead atoms. The lowest BCUT2D eigenvalue weighted by atomic mass is 10.0. The summed E-state index contributed by atoms with van der Waals surface area (Å²) in [7, 11) is 0. The second-order valence-corrected chi connectivity index (χ2v) is 6.11. The van der Waals surface area contributed by atoms with E-state index in [-0.39, 0.29) is 0 Å². The minimum absolute atomic E-state index is 0.309. The van der Waals surface area contributed by atoms with Gasteiger partial charge in [0.15, 0.2) is 0 Å². The molecule has 1 aromatic carbocycles. The van der Waals surface area contributed by atoms with Crippen LogP contribution < -0.4 is 5.32 Å². The highest BCUT2D eigenvalue weighted by Gasteiger charge is 2.28. The fraction of sp³-hybridized carbons (Fsp3) is 0.611. The summed E-state index contributed by atoms with van der Waals surface area (Å²) < 4.78 is 0. The van der Waals surface area contributed by atoms with Crippen molar-refractivity contribution in [2.45, 2.75) is 58.5 Å². The van der Waals surface area contributed by atoms with Crippen molar-refractivity contribution in [3.63, 3.8) is 0 Å². The van der Waals surface area contributed by atoms with Crippen molar-refractivity contribution in [2.75, 3.05) is 13.1 Å². The van der Waals surface area contributed by atoms with Gasteiger partial charge in [-0.2, -0.15) is 0 Å². The second kappa shape index (κ2) is 7.60. The van der Waals surface area contributed by atoms with Crippen molar-refractivity contribution in [3.05, 3.63) is 35.4 Å². The molecule has 0 aliphatic carbocycles. The minimum atomic E-state index is 0.309. The number of piperazine rings is 1. The van der Waals surface area contributed by atoms with Crippen LogP contribution in [0.3, 0.4) is 0 Å². The molecule has 1 aliphatic rings. The minimum Gasteiger partial charge on any atom is -0.337 e. The molecule has 1 N–H and O–H groups in total. The summed E-state index contributed by atoms with van der Waals surface area (Å²) in [5, 5.41) is 3.54. The van der Waals surface area contributed by atoms with Gasteiger partial charge < -0.3 is 10.2 Å². The zero-order chi connectivity index (χ0) is 15.2. The lowest BCUT2D eigenvalue weighted by Gasteiger charge is -2.40. The van der Waals surface area contributed by atoms with E-state index in [9.17, 15) is 4.79 Å². The third-order valence-corrected chi connectivity index (χ3v) is 4.49. The van der Waals surface area contributed by atoms with Crippen LogP contribution in [0.4, 0.5) is 0 Å². The number of rotatable bonds is 5. The number of amides is 1. The topological polar surface area (TPSA) is 32.3 Å². The number of hydrogen-bond donors (Lipinski definition) is 1. The van der Waals surface area contributed by atoms with Crippen LogP contribution in [0.5, 0.6) is 0 Å². The molecule has 1 aromatic rings. The molecule has 116 valence electrons. The number of hydrogen-bond acceptors (Lipinski definition) is 2. The molecule has 3 nitrogen and oxygen atoms in total. The molecule has 0 radical (unpaired) electrons. The van der Waals surface area contributed by atoms with E-state index in [1.807, 2.05) is 0 Å². The van der Waals surface area contributed by atoms with Crippen molar-refractivity contribution in [1.29, 1.82) is 0 Å². The van der Waals surface area contributed by atoms with Crippen LogP contribution in [0, 0.1) is 6.92 Å². The maximum absolute atomic E-state index is 12.6. The largest absolute Gasteiger partial charge is 0.337 e. The van der Waals surface area contributed by atoms with Gasteiger partial charge in [-0.3, -0.25) is 4.79 Å². The van der Waals surface area contributed by atoms with Gasteiger partial charge in [0, 0.05) is 31.6 Å². The highest BCUT2D eigenvalue weighted by Crippen LogP contribution is 2.15. The summed E-state index contributed by atoms with van der Waals surface area (Å²) in [6.45, 7) is 8.24. The van der Waals surface area contributed by atoms with E-state index in [2.05, 4.69) is 55.3 Å². The molecule has 2 unspecified atom stereocenters. The second-order valence-electron chi connectivity index (χ2n) is 6.11. The molecule has 21 heavy (non-hydrogen) atoms.